The van der Waals surface area contributed by atoms with E-state index in [9.17, 15) is 4.79 Å². The molecule has 0 aliphatic heterocycles. The van der Waals surface area contributed by atoms with E-state index in [0.717, 1.165) is 12.8 Å². The predicted molar refractivity (Wildman–Crippen MR) is 45.3 cm³/mol. The minimum Gasteiger partial charge on any atom is -0.325 e. The van der Waals surface area contributed by atoms with Gasteiger partial charge < -0.3 is 5.73 Å². The second-order valence-electron chi connectivity index (χ2n) is 3.64. The van der Waals surface area contributed by atoms with Crippen molar-refractivity contribution in [3.05, 3.63) is 0 Å². The first-order chi connectivity index (χ1) is 5.16. The van der Waals surface area contributed by atoms with Crippen molar-refractivity contribution >= 4 is 5.78 Å². The molecular weight excluding hydrogens is 138 g/mol. The molecule has 1 aliphatic carbocycles. The van der Waals surface area contributed by atoms with E-state index in [1.165, 1.54) is 12.8 Å². The van der Waals surface area contributed by atoms with Gasteiger partial charge in [-0.2, -0.15) is 0 Å². The Morgan fingerprint density at radius 1 is 1.45 bits per heavy atom. The van der Waals surface area contributed by atoms with Crippen LogP contribution in [0.15, 0.2) is 0 Å². The molecule has 0 aromatic carbocycles. The van der Waals surface area contributed by atoms with Crippen molar-refractivity contribution in [2.75, 3.05) is 0 Å². The molecule has 0 aromatic heterocycles. The summed E-state index contributed by atoms with van der Waals surface area (Å²) in [5.74, 6) is 0.314. The second-order valence-corrected chi connectivity index (χ2v) is 3.64. The Morgan fingerprint density at radius 2 is 2.00 bits per heavy atom. The Hall–Kier alpha value is -0.370. The zero-order valence-electron chi connectivity index (χ0n) is 7.23. The van der Waals surface area contributed by atoms with Crippen molar-refractivity contribution in [1.29, 1.82) is 0 Å². The summed E-state index contributed by atoms with van der Waals surface area (Å²) in [5.41, 5.74) is 5.88. The van der Waals surface area contributed by atoms with E-state index in [0.29, 0.717) is 18.6 Å². The Balaban J connectivity index is 2.39. The quantitative estimate of drug-likeness (QED) is 0.673. The SMILES string of the molecule is CCC(=O)CC1(N)CCCC1. The van der Waals surface area contributed by atoms with E-state index in [4.69, 9.17) is 5.73 Å². The number of rotatable bonds is 3. The van der Waals surface area contributed by atoms with Gasteiger partial charge in [0.05, 0.1) is 0 Å². The lowest BCUT2D eigenvalue weighted by Crippen LogP contribution is -2.38. The Kier molecular flexibility index (Phi) is 2.66. The van der Waals surface area contributed by atoms with Gasteiger partial charge in [0.15, 0.2) is 0 Å². The molecule has 64 valence electrons. The van der Waals surface area contributed by atoms with Crippen LogP contribution in [-0.4, -0.2) is 11.3 Å². The number of hydrogen-bond acceptors (Lipinski definition) is 2. The molecular formula is C9H17NO. The van der Waals surface area contributed by atoms with Crippen LogP contribution in [0.5, 0.6) is 0 Å². The smallest absolute Gasteiger partial charge is 0.134 e. The molecule has 1 fully saturated rings. The van der Waals surface area contributed by atoms with Gasteiger partial charge in [-0.3, -0.25) is 4.79 Å². The van der Waals surface area contributed by atoms with Crippen LogP contribution in [0.4, 0.5) is 0 Å². The van der Waals surface area contributed by atoms with Crippen LogP contribution in [0.25, 0.3) is 0 Å². The second kappa shape index (κ2) is 3.35. The highest BCUT2D eigenvalue weighted by atomic mass is 16.1. The molecule has 2 nitrogen and oxygen atoms in total. The molecule has 0 atom stereocenters. The summed E-state index contributed by atoms with van der Waals surface area (Å²) >= 11 is 0. The van der Waals surface area contributed by atoms with Crippen molar-refractivity contribution in [2.24, 2.45) is 5.73 Å². The summed E-state index contributed by atoms with van der Waals surface area (Å²) in [4.78, 5) is 11.1. The summed E-state index contributed by atoms with van der Waals surface area (Å²) in [7, 11) is 0. The van der Waals surface area contributed by atoms with E-state index in [-0.39, 0.29) is 5.54 Å². The molecule has 0 spiro atoms. The molecule has 11 heavy (non-hydrogen) atoms. The summed E-state index contributed by atoms with van der Waals surface area (Å²) in [6.45, 7) is 1.90. The fourth-order valence-corrected chi connectivity index (χ4v) is 1.77. The van der Waals surface area contributed by atoms with Gasteiger partial charge in [-0.25, -0.2) is 0 Å². The van der Waals surface area contributed by atoms with Gasteiger partial charge in [-0.15, -0.1) is 0 Å². The number of carbonyl (C=O) groups excluding carboxylic acids is 1. The normalized spacial score (nSPS) is 22.0. The van der Waals surface area contributed by atoms with E-state index in [2.05, 4.69) is 0 Å². The van der Waals surface area contributed by atoms with Crippen molar-refractivity contribution in [3.63, 3.8) is 0 Å². The number of hydrogen-bond donors (Lipinski definition) is 1. The summed E-state index contributed by atoms with van der Waals surface area (Å²) in [6.07, 6.45) is 5.72. The molecule has 1 rings (SSSR count). The molecule has 0 saturated heterocycles. The first kappa shape index (κ1) is 8.72. The molecule has 1 aliphatic rings. The van der Waals surface area contributed by atoms with E-state index < -0.39 is 0 Å². The van der Waals surface area contributed by atoms with Crippen LogP contribution >= 0.6 is 0 Å². The van der Waals surface area contributed by atoms with E-state index in [1.54, 1.807) is 0 Å². The van der Waals surface area contributed by atoms with Crippen LogP contribution in [-0.2, 0) is 4.79 Å². The summed E-state index contributed by atoms with van der Waals surface area (Å²) < 4.78 is 0. The molecule has 2 heteroatoms. The number of nitrogens with two attached hydrogens (primary N) is 1. The number of ketones is 1. The largest absolute Gasteiger partial charge is 0.325 e. The Bertz CT molecular complexity index is 148. The van der Waals surface area contributed by atoms with E-state index in [1.807, 2.05) is 6.92 Å². The van der Waals surface area contributed by atoms with Crippen LogP contribution in [0, 0.1) is 0 Å². The molecule has 0 unspecified atom stereocenters. The zero-order chi connectivity index (χ0) is 8.32. The van der Waals surface area contributed by atoms with Gasteiger partial charge in [-0.1, -0.05) is 19.8 Å². The van der Waals surface area contributed by atoms with E-state index >= 15 is 0 Å². The van der Waals surface area contributed by atoms with Gasteiger partial charge >= 0.3 is 0 Å². The molecule has 0 bridgehead atoms. The maximum absolute atomic E-state index is 11.1. The minimum atomic E-state index is -0.132. The maximum atomic E-state index is 11.1. The average Bonchev–Trinajstić information content (AvgIpc) is 2.36. The fraction of sp³-hybridized carbons (Fsp3) is 0.889. The maximum Gasteiger partial charge on any atom is 0.134 e. The van der Waals surface area contributed by atoms with Crippen molar-refractivity contribution < 1.29 is 4.79 Å². The van der Waals surface area contributed by atoms with Crippen molar-refractivity contribution in [1.82, 2.24) is 0 Å². The molecule has 2 N–H and O–H groups in total. The van der Waals surface area contributed by atoms with Crippen LogP contribution in [0.1, 0.15) is 45.4 Å². The van der Waals surface area contributed by atoms with Crippen LogP contribution < -0.4 is 5.73 Å². The Labute approximate surface area is 68.2 Å². The molecule has 0 radical (unpaired) electrons. The topological polar surface area (TPSA) is 43.1 Å². The third-order valence-electron chi connectivity index (χ3n) is 2.54. The average molecular weight is 155 g/mol. The lowest BCUT2D eigenvalue weighted by Gasteiger charge is -2.21. The standard InChI is InChI=1S/C9H17NO/c1-2-8(11)7-9(10)5-3-4-6-9/h2-7,10H2,1H3. The van der Waals surface area contributed by atoms with Crippen molar-refractivity contribution in [2.45, 2.75) is 51.0 Å². The minimum absolute atomic E-state index is 0.132. The van der Waals surface area contributed by atoms with Crippen LogP contribution in [0.2, 0.25) is 0 Å². The first-order valence-corrected chi connectivity index (χ1v) is 4.47. The summed E-state index contributed by atoms with van der Waals surface area (Å²) in [5, 5.41) is 0. The van der Waals surface area contributed by atoms with Gasteiger partial charge in [-0.05, 0) is 12.8 Å². The molecule has 0 aromatic rings. The number of Topliss-reactive ketones (excluding diaryl/α,β-unsaturated/α-hetero) is 1. The lowest BCUT2D eigenvalue weighted by atomic mass is 9.92. The third kappa shape index (κ3) is 2.29. The highest BCUT2D eigenvalue weighted by molar-refractivity contribution is 5.79. The van der Waals surface area contributed by atoms with Crippen molar-refractivity contribution in [3.8, 4) is 0 Å². The zero-order valence-corrected chi connectivity index (χ0v) is 7.23. The highest BCUT2D eigenvalue weighted by Gasteiger charge is 2.30. The molecule has 1 saturated carbocycles. The van der Waals surface area contributed by atoms with Gasteiger partial charge in [0, 0.05) is 18.4 Å². The van der Waals surface area contributed by atoms with Gasteiger partial charge in [0.2, 0.25) is 0 Å². The lowest BCUT2D eigenvalue weighted by molar-refractivity contribution is -0.119. The van der Waals surface area contributed by atoms with Crippen LogP contribution in [0.3, 0.4) is 0 Å². The Morgan fingerprint density at radius 3 is 2.45 bits per heavy atom. The van der Waals surface area contributed by atoms with Gasteiger partial charge in [0.1, 0.15) is 5.78 Å². The fourth-order valence-electron chi connectivity index (χ4n) is 1.77. The summed E-state index contributed by atoms with van der Waals surface area (Å²) in [6, 6.07) is 0. The number of carbonyl (C=O) groups is 1. The molecule has 0 amide bonds. The monoisotopic (exact) mass is 155 g/mol. The first-order valence-electron chi connectivity index (χ1n) is 4.47. The predicted octanol–water partition coefficient (Wildman–Crippen LogP) is 1.63. The van der Waals surface area contributed by atoms with Gasteiger partial charge in [0.25, 0.3) is 0 Å². The molecule has 0 heterocycles. The highest BCUT2D eigenvalue weighted by Crippen LogP contribution is 2.30. The third-order valence-corrected chi connectivity index (χ3v) is 2.54.